The van der Waals surface area contributed by atoms with E-state index in [0.717, 1.165) is 5.56 Å². The van der Waals surface area contributed by atoms with Crippen LogP contribution in [-0.2, 0) is 14.8 Å². The van der Waals surface area contributed by atoms with Crippen LogP contribution >= 0.6 is 23.8 Å². The third-order valence-corrected chi connectivity index (χ3v) is 6.52. The maximum atomic E-state index is 12.6. The summed E-state index contributed by atoms with van der Waals surface area (Å²) in [6, 6.07) is 12.1. The summed E-state index contributed by atoms with van der Waals surface area (Å²) in [5.74, 6) is 0. The first-order valence-electron chi connectivity index (χ1n) is 8.38. The van der Waals surface area contributed by atoms with Crippen molar-refractivity contribution in [3.63, 3.8) is 0 Å². The zero-order valence-electron chi connectivity index (χ0n) is 14.7. The number of sulfonamides is 1. The number of nitrogens with one attached hydrogen (secondary N) is 2. The second-order valence-electron chi connectivity index (χ2n) is 6.10. The summed E-state index contributed by atoms with van der Waals surface area (Å²) in [6.07, 6.45) is 0. The molecule has 9 heteroatoms. The summed E-state index contributed by atoms with van der Waals surface area (Å²) in [7, 11) is -3.51. The molecule has 2 aromatic rings. The number of thiocarbonyl (C=S) groups is 1. The van der Waals surface area contributed by atoms with Crippen LogP contribution in [0.5, 0.6) is 0 Å². The van der Waals surface area contributed by atoms with Gasteiger partial charge in [0.05, 0.1) is 28.8 Å². The van der Waals surface area contributed by atoms with Crippen LogP contribution in [0, 0.1) is 6.92 Å². The number of anilines is 2. The van der Waals surface area contributed by atoms with Crippen LogP contribution in [0.15, 0.2) is 47.4 Å². The second-order valence-corrected chi connectivity index (χ2v) is 8.86. The molecule has 1 aliphatic rings. The third-order valence-electron chi connectivity index (χ3n) is 4.09. The molecule has 1 heterocycles. The maximum absolute atomic E-state index is 12.6. The van der Waals surface area contributed by atoms with Gasteiger partial charge in [0.25, 0.3) is 0 Å². The quantitative estimate of drug-likeness (QED) is 0.731. The van der Waals surface area contributed by atoms with Crippen molar-refractivity contribution in [3.8, 4) is 0 Å². The van der Waals surface area contributed by atoms with Crippen LogP contribution < -0.4 is 10.6 Å². The topological polar surface area (TPSA) is 70.7 Å². The van der Waals surface area contributed by atoms with Gasteiger partial charge in [0.15, 0.2) is 5.11 Å². The summed E-state index contributed by atoms with van der Waals surface area (Å²) in [5, 5.41) is 6.99. The fourth-order valence-corrected chi connectivity index (χ4v) is 4.57. The van der Waals surface area contributed by atoms with Gasteiger partial charge in [-0.1, -0.05) is 17.7 Å². The van der Waals surface area contributed by atoms with Crippen molar-refractivity contribution in [2.24, 2.45) is 0 Å². The van der Waals surface area contributed by atoms with Crippen LogP contribution in [-0.4, -0.2) is 44.1 Å². The number of hydrogen-bond acceptors (Lipinski definition) is 4. The molecular formula is C18H20ClN3O3S2. The standard InChI is InChI=1S/C18H20ClN3O3S2/c1-13-2-7-17(16(19)12-13)21-18(26)20-14-3-5-15(6-4-14)27(23,24)22-8-10-25-11-9-22/h2-7,12H,8-11H2,1H3,(H2,20,21,26). The number of rotatable bonds is 4. The average molecular weight is 426 g/mol. The van der Waals surface area contributed by atoms with E-state index in [4.69, 9.17) is 28.6 Å². The molecule has 0 unspecified atom stereocenters. The monoisotopic (exact) mass is 425 g/mol. The first kappa shape index (κ1) is 20.0. The Hall–Kier alpha value is -1.71. The Morgan fingerprint density at radius 1 is 1.11 bits per heavy atom. The Morgan fingerprint density at radius 3 is 2.41 bits per heavy atom. The number of nitrogens with zero attached hydrogens (tertiary/aromatic N) is 1. The maximum Gasteiger partial charge on any atom is 0.243 e. The number of hydrogen-bond donors (Lipinski definition) is 2. The minimum atomic E-state index is -3.51. The molecule has 0 atom stereocenters. The van der Waals surface area contributed by atoms with Crippen LogP contribution in [0.25, 0.3) is 0 Å². The van der Waals surface area contributed by atoms with E-state index in [-0.39, 0.29) is 4.90 Å². The van der Waals surface area contributed by atoms with E-state index in [1.54, 1.807) is 24.3 Å². The Labute approximate surface area is 169 Å². The molecule has 2 aromatic carbocycles. The van der Waals surface area contributed by atoms with Crippen molar-refractivity contribution in [3.05, 3.63) is 53.1 Å². The summed E-state index contributed by atoms with van der Waals surface area (Å²) in [6.45, 7) is 3.53. The Bertz CT molecular complexity index is 927. The molecule has 0 saturated carbocycles. The van der Waals surface area contributed by atoms with Gasteiger partial charge >= 0.3 is 0 Å². The third kappa shape index (κ3) is 4.97. The van der Waals surface area contributed by atoms with Gasteiger partial charge in [0.1, 0.15) is 0 Å². The summed E-state index contributed by atoms with van der Waals surface area (Å²) < 4.78 is 31.9. The van der Waals surface area contributed by atoms with Gasteiger partial charge in [0.2, 0.25) is 10.0 Å². The Kier molecular flexibility index (Phi) is 6.33. The summed E-state index contributed by atoms with van der Waals surface area (Å²) >= 11 is 11.5. The first-order chi connectivity index (χ1) is 12.9. The van der Waals surface area contributed by atoms with Crippen molar-refractivity contribution < 1.29 is 13.2 Å². The zero-order valence-corrected chi connectivity index (χ0v) is 17.1. The van der Waals surface area contributed by atoms with E-state index in [0.29, 0.717) is 47.8 Å². The molecule has 3 rings (SSSR count). The summed E-state index contributed by atoms with van der Waals surface area (Å²) in [5.41, 5.74) is 2.43. The van der Waals surface area contributed by atoms with E-state index >= 15 is 0 Å². The highest BCUT2D eigenvalue weighted by Crippen LogP contribution is 2.23. The highest BCUT2D eigenvalue weighted by atomic mass is 35.5. The predicted octanol–water partition coefficient (Wildman–Crippen LogP) is 3.48. The lowest BCUT2D eigenvalue weighted by atomic mass is 10.2. The first-order valence-corrected chi connectivity index (χ1v) is 10.6. The van der Waals surface area contributed by atoms with Crippen molar-refractivity contribution in [2.45, 2.75) is 11.8 Å². The predicted molar refractivity (Wildman–Crippen MR) is 112 cm³/mol. The lowest BCUT2D eigenvalue weighted by Gasteiger charge is -2.26. The minimum Gasteiger partial charge on any atom is -0.379 e. The zero-order chi connectivity index (χ0) is 19.4. The Balaban J connectivity index is 1.65. The van der Waals surface area contributed by atoms with Crippen LogP contribution in [0.1, 0.15) is 5.56 Å². The highest BCUT2D eigenvalue weighted by Gasteiger charge is 2.26. The highest BCUT2D eigenvalue weighted by molar-refractivity contribution is 7.89. The molecule has 6 nitrogen and oxygen atoms in total. The van der Waals surface area contributed by atoms with Gasteiger partial charge in [-0.15, -0.1) is 0 Å². The van der Waals surface area contributed by atoms with E-state index in [2.05, 4.69) is 10.6 Å². The van der Waals surface area contributed by atoms with Crippen molar-refractivity contribution >= 4 is 50.3 Å². The molecule has 1 aliphatic heterocycles. The van der Waals surface area contributed by atoms with Gasteiger partial charge < -0.3 is 15.4 Å². The SMILES string of the molecule is Cc1ccc(NC(=S)Nc2ccc(S(=O)(=O)N3CCOCC3)cc2)c(Cl)c1. The molecule has 27 heavy (non-hydrogen) atoms. The number of aryl methyl sites for hydroxylation is 1. The van der Waals surface area contributed by atoms with Gasteiger partial charge in [0, 0.05) is 18.8 Å². The van der Waals surface area contributed by atoms with Gasteiger partial charge in [-0.25, -0.2) is 8.42 Å². The van der Waals surface area contributed by atoms with Crippen molar-refractivity contribution in [2.75, 3.05) is 36.9 Å². The lowest BCUT2D eigenvalue weighted by molar-refractivity contribution is 0.0730. The van der Waals surface area contributed by atoms with E-state index in [1.807, 2.05) is 25.1 Å². The number of benzene rings is 2. The van der Waals surface area contributed by atoms with Gasteiger partial charge in [-0.2, -0.15) is 4.31 Å². The van der Waals surface area contributed by atoms with Crippen LogP contribution in [0.4, 0.5) is 11.4 Å². The lowest BCUT2D eigenvalue weighted by Crippen LogP contribution is -2.40. The number of ether oxygens (including phenoxy) is 1. The molecule has 0 spiro atoms. The molecule has 2 N–H and O–H groups in total. The fraction of sp³-hybridized carbons (Fsp3) is 0.278. The Morgan fingerprint density at radius 2 is 1.78 bits per heavy atom. The van der Waals surface area contributed by atoms with E-state index in [1.165, 1.54) is 4.31 Å². The van der Waals surface area contributed by atoms with Crippen molar-refractivity contribution in [1.29, 1.82) is 0 Å². The molecule has 1 fully saturated rings. The second kappa shape index (κ2) is 8.53. The van der Waals surface area contributed by atoms with Gasteiger partial charge in [-0.05, 0) is 61.1 Å². The molecule has 0 amide bonds. The fourth-order valence-electron chi connectivity index (χ4n) is 2.65. The molecule has 1 saturated heterocycles. The number of halogens is 1. The van der Waals surface area contributed by atoms with E-state index < -0.39 is 10.0 Å². The molecular weight excluding hydrogens is 406 g/mol. The average Bonchev–Trinajstić information content (AvgIpc) is 2.65. The minimum absolute atomic E-state index is 0.246. The van der Waals surface area contributed by atoms with Crippen LogP contribution in [0.3, 0.4) is 0 Å². The molecule has 0 bridgehead atoms. The summed E-state index contributed by atoms with van der Waals surface area (Å²) in [4.78, 5) is 0.246. The smallest absolute Gasteiger partial charge is 0.243 e. The molecule has 144 valence electrons. The molecule has 0 aliphatic carbocycles. The van der Waals surface area contributed by atoms with E-state index in [9.17, 15) is 8.42 Å². The van der Waals surface area contributed by atoms with Gasteiger partial charge in [-0.3, -0.25) is 0 Å². The molecule has 0 radical (unpaired) electrons. The van der Waals surface area contributed by atoms with Crippen molar-refractivity contribution in [1.82, 2.24) is 4.31 Å². The normalized spacial score (nSPS) is 15.3. The molecule has 0 aromatic heterocycles. The number of morpholine rings is 1. The largest absolute Gasteiger partial charge is 0.379 e. The van der Waals surface area contributed by atoms with Crippen LogP contribution in [0.2, 0.25) is 5.02 Å².